The first-order valence-electron chi connectivity index (χ1n) is 8.82. The van der Waals surface area contributed by atoms with Crippen molar-refractivity contribution in [3.8, 4) is 0 Å². The van der Waals surface area contributed by atoms with E-state index in [4.69, 9.17) is 0 Å². The highest BCUT2D eigenvalue weighted by Gasteiger charge is 2.28. The molecule has 4 nitrogen and oxygen atoms in total. The van der Waals surface area contributed by atoms with Gasteiger partial charge in [0.1, 0.15) is 0 Å². The minimum atomic E-state index is 0.698. The molecule has 1 aromatic heterocycles. The van der Waals surface area contributed by atoms with E-state index < -0.39 is 0 Å². The summed E-state index contributed by atoms with van der Waals surface area (Å²) < 4.78 is 0. The van der Waals surface area contributed by atoms with E-state index >= 15 is 0 Å². The Morgan fingerprint density at radius 1 is 1.22 bits per heavy atom. The number of aromatic nitrogens is 2. The molecule has 0 amide bonds. The van der Waals surface area contributed by atoms with E-state index in [1.807, 2.05) is 0 Å². The predicted molar refractivity (Wildman–Crippen MR) is 92.2 cm³/mol. The van der Waals surface area contributed by atoms with Crippen LogP contribution in [0.1, 0.15) is 35.4 Å². The second-order valence-electron chi connectivity index (χ2n) is 7.01. The highest BCUT2D eigenvalue weighted by molar-refractivity contribution is 5.26. The SMILES string of the molecule is Cc1[nH]nc2c1CN(C[C@H]1CCCN1Cc1ccccc1)CC2. The summed E-state index contributed by atoms with van der Waals surface area (Å²) >= 11 is 0. The summed E-state index contributed by atoms with van der Waals surface area (Å²) in [7, 11) is 0. The van der Waals surface area contributed by atoms with Gasteiger partial charge in [-0.05, 0) is 31.9 Å². The van der Waals surface area contributed by atoms with Crippen molar-refractivity contribution in [2.75, 3.05) is 19.6 Å². The molecule has 1 saturated heterocycles. The summed E-state index contributed by atoms with van der Waals surface area (Å²) in [4.78, 5) is 5.30. The molecule has 1 N–H and O–H groups in total. The highest BCUT2D eigenvalue weighted by atomic mass is 15.2. The fourth-order valence-electron chi connectivity index (χ4n) is 4.07. The largest absolute Gasteiger partial charge is 0.297 e. The van der Waals surface area contributed by atoms with Crippen LogP contribution in [0.3, 0.4) is 0 Å². The second kappa shape index (κ2) is 6.46. The van der Waals surface area contributed by atoms with Crippen LogP contribution in [0.5, 0.6) is 0 Å². The van der Waals surface area contributed by atoms with Crippen LogP contribution in [0.15, 0.2) is 30.3 Å². The van der Waals surface area contributed by atoms with Gasteiger partial charge in [-0.3, -0.25) is 14.9 Å². The molecule has 3 heterocycles. The Bertz CT molecular complexity index is 649. The van der Waals surface area contributed by atoms with Gasteiger partial charge in [0.2, 0.25) is 0 Å². The summed E-state index contributed by atoms with van der Waals surface area (Å²) in [5, 5.41) is 7.58. The van der Waals surface area contributed by atoms with E-state index in [0.717, 1.165) is 26.1 Å². The van der Waals surface area contributed by atoms with Gasteiger partial charge in [0.25, 0.3) is 0 Å². The fraction of sp³-hybridized carbons (Fsp3) is 0.526. The molecule has 2 aromatic rings. The van der Waals surface area contributed by atoms with E-state index in [2.05, 4.69) is 57.3 Å². The molecule has 0 bridgehead atoms. The number of hydrogen-bond donors (Lipinski definition) is 1. The zero-order valence-corrected chi connectivity index (χ0v) is 14.0. The zero-order chi connectivity index (χ0) is 15.6. The summed E-state index contributed by atoms with van der Waals surface area (Å²) in [6, 6.07) is 11.6. The van der Waals surface area contributed by atoms with Crippen molar-refractivity contribution < 1.29 is 0 Å². The molecule has 1 aromatic carbocycles. The van der Waals surface area contributed by atoms with E-state index in [1.165, 1.54) is 48.4 Å². The standard InChI is InChI=1S/C19H26N4/c1-15-18-14-22(11-9-19(18)21-20-15)13-17-8-5-10-23(17)12-16-6-3-2-4-7-16/h2-4,6-7,17H,5,8-14H2,1H3,(H,20,21)/t17-/m1/s1. The highest BCUT2D eigenvalue weighted by Crippen LogP contribution is 2.24. The van der Waals surface area contributed by atoms with Crippen molar-refractivity contribution in [3.05, 3.63) is 52.8 Å². The fourth-order valence-corrected chi connectivity index (χ4v) is 4.07. The van der Waals surface area contributed by atoms with Crippen molar-refractivity contribution in [1.82, 2.24) is 20.0 Å². The molecule has 0 saturated carbocycles. The lowest BCUT2D eigenvalue weighted by Gasteiger charge is -2.33. The van der Waals surface area contributed by atoms with E-state index in [1.54, 1.807) is 0 Å². The number of nitrogens with zero attached hydrogens (tertiary/aromatic N) is 3. The minimum Gasteiger partial charge on any atom is -0.297 e. The Morgan fingerprint density at radius 3 is 2.96 bits per heavy atom. The number of rotatable bonds is 4. The van der Waals surface area contributed by atoms with Crippen molar-refractivity contribution in [2.24, 2.45) is 0 Å². The van der Waals surface area contributed by atoms with Crippen LogP contribution in [0.25, 0.3) is 0 Å². The molecule has 0 spiro atoms. The third-order valence-electron chi connectivity index (χ3n) is 5.40. The maximum atomic E-state index is 4.43. The molecule has 4 rings (SSSR count). The van der Waals surface area contributed by atoms with Gasteiger partial charge in [0.15, 0.2) is 0 Å². The topological polar surface area (TPSA) is 35.2 Å². The van der Waals surface area contributed by atoms with Crippen LogP contribution in [0.2, 0.25) is 0 Å². The van der Waals surface area contributed by atoms with E-state index in [-0.39, 0.29) is 0 Å². The molecule has 0 aliphatic carbocycles. The molecule has 0 radical (unpaired) electrons. The number of likely N-dealkylation sites (tertiary alicyclic amines) is 1. The van der Waals surface area contributed by atoms with Crippen molar-refractivity contribution in [1.29, 1.82) is 0 Å². The Kier molecular flexibility index (Phi) is 4.19. The van der Waals surface area contributed by atoms with Crippen LogP contribution in [0.4, 0.5) is 0 Å². The Hall–Kier alpha value is -1.65. The quantitative estimate of drug-likeness (QED) is 0.943. The number of hydrogen-bond acceptors (Lipinski definition) is 3. The molecule has 23 heavy (non-hydrogen) atoms. The molecular formula is C19H26N4. The maximum Gasteiger partial charge on any atom is 0.0682 e. The lowest BCUT2D eigenvalue weighted by Crippen LogP contribution is -2.42. The molecular weight excluding hydrogens is 284 g/mol. The predicted octanol–water partition coefficient (Wildman–Crippen LogP) is 2.74. The summed E-state index contributed by atoms with van der Waals surface area (Å²) in [6.45, 7) is 7.88. The third-order valence-corrected chi connectivity index (χ3v) is 5.40. The van der Waals surface area contributed by atoms with Crippen LogP contribution in [-0.4, -0.2) is 45.7 Å². The summed E-state index contributed by atoms with van der Waals surface area (Å²) in [5.41, 5.74) is 5.40. The smallest absolute Gasteiger partial charge is 0.0682 e. The van der Waals surface area contributed by atoms with Crippen molar-refractivity contribution in [2.45, 2.75) is 45.3 Å². The summed E-state index contributed by atoms with van der Waals surface area (Å²) in [6.07, 6.45) is 3.76. The average molecular weight is 310 g/mol. The normalized spacial score (nSPS) is 22.4. The monoisotopic (exact) mass is 310 g/mol. The lowest BCUT2D eigenvalue weighted by molar-refractivity contribution is 0.157. The van der Waals surface area contributed by atoms with Gasteiger partial charge in [-0.25, -0.2) is 0 Å². The maximum absolute atomic E-state index is 4.43. The summed E-state index contributed by atoms with van der Waals surface area (Å²) in [5.74, 6) is 0. The number of nitrogens with one attached hydrogen (secondary N) is 1. The molecule has 0 unspecified atom stereocenters. The van der Waals surface area contributed by atoms with Gasteiger partial charge in [-0.1, -0.05) is 30.3 Å². The van der Waals surface area contributed by atoms with Gasteiger partial charge in [0, 0.05) is 49.9 Å². The van der Waals surface area contributed by atoms with E-state index in [0.29, 0.717) is 6.04 Å². The zero-order valence-electron chi connectivity index (χ0n) is 14.0. The first-order chi connectivity index (χ1) is 11.3. The lowest BCUT2D eigenvalue weighted by atomic mass is 10.0. The number of aromatic amines is 1. The number of H-pyrrole nitrogens is 1. The van der Waals surface area contributed by atoms with Gasteiger partial charge in [-0.15, -0.1) is 0 Å². The van der Waals surface area contributed by atoms with Crippen LogP contribution < -0.4 is 0 Å². The van der Waals surface area contributed by atoms with Gasteiger partial charge >= 0.3 is 0 Å². The Labute approximate surface area is 138 Å². The van der Waals surface area contributed by atoms with Gasteiger partial charge < -0.3 is 0 Å². The first kappa shape index (κ1) is 14.9. The van der Waals surface area contributed by atoms with Crippen LogP contribution in [-0.2, 0) is 19.5 Å². The average Bonchev–Trinajstić information content (AvgIpc) is 3.16. The molecule has 1 fully saturated rings. The number of benzene rings is 1. The van der Waals surface area contributed by atoms with Gasteiger partial charge in [0.05, 0.1) is 5.69 Å². The van der Waals surface area contributed by atoms with Crippen molar-refractivity contribution in [3.63, 3.8) is 0 Å². The Morgan fingerprint density at radius 2 is 2.09 bits per heavy atom. The third kappa shape index (κ3) is 3.19. The van der Waals surface area contributed by atoms with Crippen LogP contribution >= 0.6 is 0 Å². The van der Waals surface area contributed by atoms with E-state index in [9.17, 15) is 0 Å². The number of fused-ring (bicyclic) bond motifs is 1. The van der Waals surface area contributed by atoms with Crippen molar-refractivity contribution >= 4 is 0 Å². The Balaban J connectivity index is 1.39. The minimum absolute atomic E-state index is 0.698. The second-order valence-corrected chi connectivity index (χ2v) is 7.01. The number of aryl methyl sites for hydroxylation is 1. The van der Waals surface area contributed by atoms with Gasteiger partial charge in [-0.2, -0.15) is 5.10 Å². The molecule has 4 heteroatoms. The van der Waals surface area contributed by atoms with Crippen LogP contribution in [0, 0.1) is 6.92 Å². The molecule has 1 atom stereocenters. The first-order valence-corrected chi connectivity index (χ1v) is 8.82. The molecule has 2 aliphatic heterocycles. The molecule has 2 aliphatic rings. The molecule has 122 valence electrons.